The molecule has 0 spiro atoms. The quantitative estimate of drug-likeness (QED) is 0.0261. The highest BCUT2D eigenvalue weighted by Gasteiger charge is 2.19. The molecule has 1 unspecified atom stereocenters. The summed E-state index contributed by atoms with van der Waals surface area (Å²) in [7, 11) is 0. The van der Waals surface area contributed by atoms with E-state index >= 15 is 0 Å². The monoisotopic (exact) mass is 1130 g/mol. The van der Waals surface area contributed by atoms with E-state index in [1.165, 1.54) is 103 Å². The van der Waals surface area contributed by atoms with Crippen molar-refractivity contribution in [2.45, 2.75) is 290 Å². The minimum Gasteiger partial charge on any atom is -0.462 e. The number of unbranched alkanes of at least 4 members (excludes halogenated alkanes) is 22. The topological polar surface area (TPSA) is 78.9 Å². The molecule has 6 nitrogen and oxygen atoms in total. The zero-order chi connectivity index (χ0) is 59.2. The first-order chi connectivity index (χ1) is 40.5. The average Bonchev–Trinajstić information content (AvgIpc) is 3.47. The van der Waals surface area contributed by atoms with Crippen LogP contribution in [-0.4, -0.2) is 37.2 Å². The van der Waals surface area contributed by atoms with Gasteiger partial charge in [-0.15, -0.1) is 0 Å². The molecular formula is C76H122O6. The first-order valence-corrected chi connectivity index (χ1v) is 33.5. The van der Waals surface area contributed by atoms with E-state index in [4.69, 9.17) is 14.2 Å². The second-order valence-corrected chi connectivity index (χ2v) is 21.6. The number of allylic oxidation sites excluding steroid dienone is 26. The number of carbonyl (C=O) groups is 3. The van der Waals surface area contributed by atoms with Crippen molar-refractivity contribution in [3.05, 3.63) is 158 Å². The Morgan fingerprint density at radius 2 is 0.488 bits per heavy atom. The molecule has 0 heterocycles. The molecule has 0 fully saturated rings. The third-order valence-electron chi connectivity index (χ3n) is 13.8. The van der Waals surface area contributed by atoms with Gasteiger partial charge in [-0.25, -0.2) is 0 Å². The fourth-order valence-electron chi connectivity index (χ4n) is 8.85. The van der Waals surface area contributed by atoms with E-state index in [0.29, 0.717) is 19.3 Å². The maximum atomic E-state index is 12.9. The molecule has 0 amide bonds. The Hall–Kier alpha value is -4.97. The first kappa shape index (κ1) is 77.0. The number of rotatable bonds is 59. The summed E-state index contributed by atoms with van der Waals surface area (Å²) in [5.41, 5.74) is 0. The van der Waals surface area contributed by atoms with Crippen molar-refractivity contribution in [1.82, 2.24) is 0 Å². The minimum absolute atomic E-state index is 0.107. The zero-order valence-electron chi connectivity index (χ0n) is 52.9. The lowest BCUT2D eigenvalue weighted by Crippen LogP contribution is -2.30. The van der Waals surface area contributed by atoms with Gasteiger partial charge in [-0.1, -0.05) is 301 Å². The highest BCUT2D eigenvalue weighted by molar-refractivity contribution is 5.71. The molecule has 0 saturated carbocycles. The van der Waals surface area contributed by atoms with E-state index < -0.39 is 6.10 Å². The van der Waals surface area contributed by atoms with Crippen molar-refractivity contribution in [1.29, 1.82) is 0 Å². The second-order valence-electron chi connectivity index (χ2n) is 21.6. The highest BCUT2D eigenvalue weighted by atomic mass is 16.6. The van der Waals surface area contributed by atoms with Crippen molar-refractivity contribution >= 4 is 17.9 Å². The molecule has 82 heavy (non-hydrogen) atoms. The molecule has 462 valence electrons. The van der Waals surface area contributed by atoms with Crippen LogP contribution in [0, 0.1) is 0 Å². The van der Waals surface area contributed by atoms with E-state index in [9.17, 15) is 14.4 Å². The molecule has 0 bridgehead atoms. The zero-order valence-corrected chi connectivity index (χ0v) is 52.9. The summed E-state index contributed by atoms with van der Waals surface area (Å²) in [6.45, 7) is 6.37. The Morgan fingerprint density at radius 1 is 0.256 bits per heavy atom. The molecule has 0 aliphatic heterocycles. The third-order valence-corrected chi connectivity index (χ3v) is 13.8. The standard InChI is InChI=1S/C76H122O6/c1-4-7-10-13-16-19-22-25-28-30-32-34-36-37-38-39-41-42-44-46-48-51-54-57-60-63-66-69-75(78)81-72-73(71-80-74(77)68-65-62-59-56-53-50-27-24-21-18-15-12-9-6-3)82-76(79)70-67-64-61-58-55-52-49-47-45-43-40-35-33-31-29-26-23-20-17-14-11-8-5-2/h7-8,10-11,16-17,19-20,25-26,28-29,32-35,37-38,41-43,45,49,52,58,61,73H,4-6,9,12-15,18,21-24,27,30-31,36,39-40,44,46-48,50-51,53-57,59-60,62-72H2,1-3H3/b10-7-,11-8-,19-16-,20-17-,28-25-,29-26-,34-32-,35-33-,38-37-,42-41-,45-43-,52-49-,61-58-. The van der Waals surface area contributed by atoms with Crippen molar-refractivity contribution in [3.63, 3.8) is 0 Å². The normalized spacial score (nSPS) is 13.2. The Kier molecular flexibility index (Phi) is 64.4. The fraction of sp³-hybridized carbons (Fsp3) is 0.618. The van der Waals surface area contributed by atoms with Crippen LogP contribution in [0.2, 0.25) is 0 Å². The molecule has 0 aliphatic carbocycles. The molecule has 1 atom stereocenters. The number of carbonyl (C=O) groups excluding carboxylic acids is 3. The Labute approximate surface area is 505 Å². The van der Waals surface area contributed by atoms with Crippen LogP contribution < -0.4 is 0 Å². The van der Waals surface area contributed by atoms with Crippen molar-refractivity contribution in [2.24, 2.45) is 0 Å². The fourth-order valence-corrected chi connectivity index (χ4v) is 8.85. The highest BCUT2D eigenvalue weighted by Crippen LogP contribution is 2.15. The summed E-state index contributed by atoms with van der Waals surface area (Å²) in [5.74, 6) is -0.974. The van der Waals surface area contributed by atoms with Gasteiger partial charge in [0, 0.05) is 19.3 Å². The summed E-state index contributed by atoms with van der Waals surface area (Å²) < 4.78 is 16.9. The van der Waals surface area contributed by atoms with Gasteiger partial charge < -0.3 is 14.2 Å². The van der Waals surface area contributed by atoms with Crippen molar-refractivity contribution < 1.29 is 28.6 Å². The lowest BCUT2D eigenvalue weighted by Gasteiger charge is -2.18. The Balaban J connectivity index is 4.47. The summed E-state index contributed by atoms with van der Waals surface area (Å²) in [4.78, 5) is 38.4. The number of ether oxygens (including phenoxy) is 3. The van der Waals surface area contributed by atoms with Gasteiger partial charge in [0.1, 0.15) is 13.2 Å². The lowest BCUT2D eigenvalue weighted by molar-refractivity contribution is -0.167. The third kappa shape index (κ3) is 65.8. The maximum Gasteiger partial charge on any atom is 0.306 e. The maximum absolute atomic E-state index is 12.9. The van der Waals surface area contributed by atoms with Crippen LogP contribution in [-0.2, 0) is 28.6 Å². The SMILES string of the molecule is CC/C=C\C/C=C\C/C=C\C/C=C\C/C=C\C/C=C\C/C=C\CCCC(=O)OC(COC(=O)CCCCCCCCCC/C=C\C/C=C\C/C=C\C/C=C\C/C=C\C/C=C\CC)COC(=O)CCCCCCCCCCCCCCCC. The van der Waals surface area contributed by atoms with E-state index in [1.54, 1.807) is 0 Å². The van der Waals surface area contributed by atoms with Crippen LogP contribution in [0.3, 0.4) is 0 Å². The summed E-state index contributed by atoms with van der Waals surface area (Å²) >= 11 is 0. The molecule has 0 saturated heterocycles. The van der Waals surface area contributed by atoms with Gasteiger partial charge in [-0.2, -0.15) is 0 Å². The van der Waals surface area contributed by atoms with Gasteiger partial charge in [0.05, 0.1) is 0 Å². The van der Waals surface area contributed by atoms with Crippen LogP contribution in [0.15, 0.2) is 158 Å². The van der Waals surface area contributed by atoms with E-state index in [1.807, 2.05) is 0 Å². The van der Waals surface area contributed by atoms with Crippen LogP contribution in [0.25, 0.3) is 0 Å². The molecule has 0 aromatic heterocycles. The summed E-state index contributed by atoms with van der Waals surface area (Å²) in [5, 5.41) is 0. The predicted octanol–water partition coefficient (Wildman–Crippen LogP) is 23.3. The molecule has 6 heteroatoms. The summed E-state index contributed by atoms with van der Waals surface area (Å²) in [6.07, 6.45) is 99.7. The molecular weight excluding hydrogens is 1010 g/mol. The van der Waals surface area contributed by atoms with Crippen LogP contribution >= 0.6 is 0 Å². The van der Waals surface area contributed by atoms with Gasteiger partial charge >= 0.3 is 17.9 Å². The van der Waals surface area contributed by atoms with Gasteiger partial charge in [0.25, 0.3) is 0 Å². The van der Waals surface area contributed by atoms with Gasteiger partial charge in [-0.3, -0.25) is 14.4 Å². The number of hydrogen-bond acceptors (Lipinski definition) is 6. The van der Waals surface area contributed by atoms with Gasteiger partial charge in [0.15, 0.2) is 6.10 Å². The Bertz CT molecular complexity index is 1830. The smallest absolute Gasteiger partial charge is 0.306 e. The van der Waals surface area contributed by atoms with Gasteiger partial charge in [-0.05, 0) is 122 Å². The predicted molar refractivity (Wildman–Crippen MR) is 357 cm³/mol. The van der Waals surface area contributed by atoms with Crippen LogP contribution in [0.5, 0.6) is 0 Å². The molecule has 0 aliphatic rings. The largest absolute Gasteiger partial charge is 0.462 e. The molecule has 0 radical (unpaired) electrons. The molecule has 0 rings (SSSR count). The molecule has 0 N–H and O–H groups in total. The number of hydrogen-bond donors (Lipinski definition) is 0. The van der Waals surface area contributed by atoms with Gasteiger partial charge in [0.2, 0.25) is 0 Å². The van der Waals surface area contributed by atoms with E-state index in [2.05, 4.69) is 179 Å². The van der Waals surface area contributed by atoms with Crippen molar-refractivity contribution in [2.75, 3.05) is 13.2 Å². The molecule has 0 aromatic carbocycles. The average molecular weight is 1130 g/mol. The minimum atomic E-state index is -0.820. The second kappa shape index (κ2) is 68.5. The van der Waals surface area contributed by atoms with E-state index in [0.717, 1.165) is 135 Å². The van der Waals surface area contributed by atoms with E-state index in [-0.39, 0.29) is 37.5 Å². The van der Waals surface area contributed by atoms with Crippen molar-refractivity contribution in [3.8, 4) is 0 Å². The summed E-state index contributed by atoms with van der Waals surface area (Å²) in [6, 6.07) is 0. The number of esters is 3. The van der Waals surface area contributed by atoms with Crippen LogP contribution in [0.1, 0.15) is 284 Å². The lowest BCUT2D eigenvalue weighted by atomic mass is 10.0. The first-order valence-electron chi connectivity index (χ1n) is 33.5. The Morgan fingerprint density at radius 3 is 0.780 bits per heavy atom. The van der Waals surface area contributed by atoms with Crippen LogP contribution in [0.4, 0.5) is 0 Å². The molecule has 0 aromatic rings.